The van der Waals surface area contributed by atoms with E-state index in [1.54, 1.807) is 12.1 Å². The number of rotatable bonds is 0. The van der Waals surface area contributed by atoms with Crippen molar-refractivity contribution in [2.24, 2.45) is 5.73 Å². The van der Waals surface area contributed by atoms with Crippen molar-refractivity contribution in [3.8, 4) is 11.5 Å². The Morgan fingerprint density at radius 3 is 3.00 bits per heavy atom. The van der Waals surface area contributed by atoms with Crippen molar-refractivity contribution in [1.29, 1.82) is 0 Å². The molecule has 3 N–H and O–H groups in total. The maximum atomic E-state index is 9.33. The van der Waals surface area contributed by atoms with Gasteiger partial charge in [0.1, 0.15) is 11.5 Å². The third kappa shape index (κ3) is 0.904. The van der Waals surface area contributed by atoms with E-state index in [-0.39, 0.29) is 17.2 Å². The van der Waals surface area contributed by atoms with Crippen molar-refractivity contribution < 1.29 is 9.84 Å². The lowest BCUT2D eigenvalue weighted by Gasteiger charge is -2.26. The van der Waals surface area contributed by atoms with Crippen molar-refractivity contribution in [3.05, 3.63) is 23.8 Å². The molecule has 1 aromatic carbocycles. The SMILES string of the molecule is NC1CC12CCOc1cc(O)ccc12. The zero-order valence-electron chi connectivity index (χ0n) is 7.86. The van der Waals surface area contributed by atoms with Crippen LogP contribution in [0.3, 0.4) is 0 Å². The van der Waals surface area contributed by atoms with Crippen LogP contribution in [0.4, 0.5) is 0 Å². The molecule has 1 aromatic rings. The molecular formula is C11H13NO2. The van der Waals surface area contributed by atoms with E-state index in [0.29, 0.717) is 6.61 Å². The van der Waals surface area contributed by atoms with Crippen LogP contribution in [-0.2, 0) is 5.41 Å². The van der Waals surface area contributed by atoms with E-state index in [1.165, 1.54) is 5.56 Å². The van der Waals surface area contributed by atoms with Crippen LogP contribution in [0.1, 0.15) is 18.4 Å². The molecule has 1 spiro atoms. The summed E-state index contributed by atoms with van der Waals surface area (Å²) in [5, 5.41) is 9.33. The van der Waals surface area contributed by atoms with Crippen molar-refractivity contribution in [2.45, 2.75) is 24.3 Å². The molecule has 14 heavy (non-hydrogen) atoms. The van der Waals surface area contributed by atoms with Crippen molar-refractivity contribution >= 4 is 0 Å². The average molecular weight is 191 g/mol. The first-order valence-corrected chi connectivity index (χ1v) is 4.94. The van der Waals surface area contributed by atoms with Crippen LogP contribution in [-0.4, -0.2) is 17.8 Å². The maximum absolute atomic E-state index is 9.33. The number of ether oxygens (including phenoxy) is 1. The smallest absolute Gasteiger partial charge is 0.126 e. The minimum atomic E-state index is 0.154. The Labute approximate surface area is 82.5 Å². The molecule has 0 radical (unpaired) electrons. The highest BCUT2D eigenvalue weighted by Crippen LogP contribution is 2.55. The molecule has 74 valence electrons. The van der Waals surface area contributed by atoms with Crippen LogP contribution < -0.4 is 10.5 Å². The first-order chi connectivity index (χ1) is 6.72. The van der Waals surface area contributed by atoms with Crippen molar-refractivity contribution in [1.82, 2.24) is 0 Å². The van der Waals surface area contributed by atoms with Gasteiger partial charge in [-0.05, 0) is 18.9 Å². The molecule has 0 amide bonds. The summed E-state index contributed by atoms with van der Waals surface area (Å²) in [5.74, 6) is 1.07. The third-order valence-corrected chi connectivity index (χ3v) is 3.44. The molecule has 0 aromatic heterocycles. The molecule has 0 bridgehead atoms. The van der Waals surface area contributed by atoms with Gasteiger partial charge in [-0.15, -0.1) is 0 Å². The van der Waals surface area contributed by atoms with Gasteiger partial charge in [0.25, 0.3) is 0 Å². The summed E-state index contributed by atoms with van der Waals surface area (Å²) in [6.07, 6.45) is 2.06. The normalized spacial score (nSPS) is 33.6. The maximum Gasteiger partial charge on any atom is 0.126 e. The molecule has 2 aliphatic rings. The summed E-state index contributed by atoms with van der Waals surface area (Å²) >= 11 is 0. The largest absolute Gasteiger partial charge is 0.508 e. The van der Waals surface area contributed by atoms with Crippen LogP contribution in [0.15, 0.2) is 18.2 Å². The van der Waals surface area contributed by atoms with Gasteiger partial charge < -0.3 is 15.6 Å². The molecule has 3 rings (SSSR count). The molecule has 1 heterocycles. The van der Waals surface area contributed by atoms with Crippen LogP contribution in [0.5, 0.6) is 11.5 Å². The average Bonchev–Trinajstić information content (AvgIpc) is 2.77. The predicted molar refractivity (Wildman–Crippen MR) is 52.5 cm³/mol. The number of phenolic OH excluding ortho intramolecular Hbond substituents is 1. The number of aromatic hydroxyl groups is 1. The minimum absolute atomic E-state index is 0.154. The van der Waals surface area contributed by atoms with Crippen molar-refractivity contribution in [2.75, 3.05) is 6.61 Å². The van der Waals surface area contributed by atoms with Gasteiger partial charge in [0.05, 0.1) is 6.61 Å². The van der Waals surface area contributed by atoms with E-state index in [0.717, 1.165) is 18.6 Å². The monoisotopic (exact) mass is 191 g/mol. The molecule has 1 aliphatic carbocycles. The number of hydrogen-bond donors (Lipinski definition) is 2. The Bertz CT molecular complexity index is 391. The quantitative estimate of drug-likeness (QED) is 0.646. The molecule has 2 atom stereocenters. The van der Waals surface area contributed by atoms with Gasteiger partial charge in [0, 0.05) is 23.1 Å². The van der Waals surface area contributed by atoms with Gasteiger partial charge in [-0.25, -0.2) is 0 Å². The summed E-state index contributed by atoms with van der Waals surface area (Å²) in [4.78, 5) is 0. The fourth-order valence-electron chi connectivity index (χ4n) is 2.45. The van der Waals surface area contributed by atoms with Crippen LogP contribution in [0.25, 0.3) is 0 Å². The van der Waals surface area contributed by atoms with E-state index in [9.17, 15) is 5.11 Å². The van der Waals surface area contributed by atoms with Crippen molar-refractivity contribution in [3.63, 3.8) is 0 Å². The van der Waals surface area contributed by atoms with Gasteiger partial charge in [0.2, 0.25) is 0 Å². The lowest BCUT2D eigenvalue weighted by atomic mass is 9.89. The topological polar surface area (TPSA) is 55.5 Å². The zero-order valence-corrected chi connectivity index (χ0v) is 7.86. The molecule has 1 fully saturated rings. The summed E-state index contributed by atoms with van der Waals surface area (Å²) in [7, 11) is 0. The molecule has 0 saturated heterocycles. The molecule has 1 saturated carbocycles. The number of benzene rings is 1. The second kappa shape index (κ2) is 2.42. The Morgan fingerprint density at radius 1 is 1.50 bits per heavy atom. The van der Waals surface area contributed by atoms with Crippen LogP contribution in [0, 0.1) is 0 Å². The van der Waals surface area contributed by atoms with Gasteiger partial charge in [0.15, 0.2) is 0 Å². The Balaban J connectivity index is 2.12. The van der Waals surface area contributed by atoms with E-state index in [1.807, 2.05) is 6.07 Å². The lowest BCUT2D eigenvalue weighted by Crippen LogP contribution is -2.26. The standard InChI is InChI=1S/C11H13NO2/c12-10-6-11(10)3-4-14-9-5-7(13)1-2-8(9)11/h1-2,5,10,13H,3-4,6,12H2. The van der Waals surface area contributed by atoms with Gasteiger partial charge in [-0.3, -0.25) is 0 Å². The lowest BCUT2D eigenvalue weighted by molar-refractivity contribution is 0.256. The molecular weight excluding hydrogens is 178 g/mol. The molecule has 1 aliphatic heterocycles. The first-order valence-electron chi connectivity index (χ1n) is 4.94. The van der Waals surface area contributed by atoms with Gasteiger partial charge in [-0.1, -0.05) is 6.07 Å². The fourth-order valence-corrected chi connectivity index (χ4v) is 2.45. The second-order valence-corrected chi connectivity index (χ2v) is 4.25. The Hall–Kier alpha value is -1.22. The number of phenols is 1. The Morgan fingerprint density at radius 2 is 2.29 bits per heavy atom. The summed E-state index contributed by atoms with van der Waals surface area (Å²) in [5.41, 5.74) is 7.30. The molecule has 3 heteroatoms. The molecule has 2 unspecified atom stereocenters. The first kappa shape index (κ1) is 8.12. The van der Waals surface area contributed by atoms with E-state index >= 15 is 0 Å². The minimum Gasteiger partial charge on any atom is -0.508 e. The second-order valence-electron chi connectivity index (χ2n) is 4.25. The fraction of sp³-hybridized carbons (Fsp3) is 0.455. The van der Waals surface area contributed by atoms with Crippen LogP contribution >= 0.6 is 0 Å². The summed E-state index contributed by atoms with van der Waals surface area (Å²) in [6.45, 7) is 0.712. The highest BCUT2D eigenvalue weighted by molar-refractivity contribution is 5.50. The number of fused-ring (bicyclic) bond motifs is 2. The zero-order chi connectivity index (χ0) is 9.76. The third-order valence-electron chi connectivity index (χ3n) is 3.44. The molecule has 3 nitrogen and oxygen atoms in total. The predicted octanol–water partition coefficient (Wildman–Crippen LogP) is 1.14. The van der Waals surface area contributed by atoms with E-state index in [4.69, 9.17) is 10.5 Å². The summed E-state index contributed by atoms with van der Waals surface area (Å²) < 4.78 is 5.51. The van der Waals surface area contributed by atoms with Gasteiger partial charge >= 0.3 is 0 Å². The number of nitrogens with two attached hydrogens (primary N) is 1. The van der Waals surface area contributed by atoms with Gasteiger partial charge in [-0.2, -0.15) is 0 Å². The summed E-state index contributed by atoms with van der Waals surface area (Å²) in [6, 6.07) is 5.60. The van der Waals surface area contributed by atoms with E-state index in [2.05, 4.69) is 0 Å². The van der Waals surface area contributed by atoms with Crippen LogP contribution in [0.2, 0.25) is 0 Å². The highest BCUT2D eigenvalue weighted by Gasteiger charge is 2.55. The number of hydrogen-bond acceptors (Lipinski definition) is 3. The van der Waals surface area contributed by atoms with E-state index < -0.39 is 0 Å². The highest BCUT2D eigenvalue weighted by atomic mass is 16.5. The Kier molecular flexibility index (Phi) is 1.40.